The van der Waals surface area contributed by atoms with E-state index in [4.69, 9.17) is 9.47 Å². The number of hydrogen-bond acceptors (Lipinski definition) is 20. The molecule has 2 saturated heterocycles. The summed E-state index contributed by atoms with van der Waals surface area (Å²) in [6.45, 7) is 7.97. The van der Waals surface area contributed by atoms with Crippen LogP contribution in [0.4, 0.5) is 58.4 Å². The number of aromatic nitrogens is 6. The molecule has 0 unspecified atom stereocenters. The van der Waals surface area contributed by atoms with Gasteiger partial charge in [-0.3, -0.25) is 0 Å². The van der Waals surface area contributed by atoms with E-state index in [1.165, 1.54) is 36.4 Å². The Labute approximate surface area is 426 Å². The number of anilines is 10. The second kappa shape index (κ2) is 22.3. The molecule has 6 aromatic rings. The average molecular weight is 953 g/mol. The van der Waals surface area contributed by atoms with E-state index in [0.717, 1.165) is 34.6 Å². The van der Waals surface area contributed by atoms with Crippen LogP contribution in [0.3, 0.4) is 0 Å². The third-order valence-corrected chi connectivity index (χ3v) is 11.8. The minimum absolute atomic E-state index is 0. The number of nitrogens with one attached hydrogen (secondary N) is 4. The van der Waals surface area contributed by atoms with Gasteiger partial charge in [0, 0.05) is 48.9 Å². The average Bonchev–Trinajstić information content (AvgIpc) is 3.27. The molecule has 2 aliphatic rings. The van der Waals surface area contributed by atoms with Gasteiger partial charge in [-0.25, -0.2) is 16.8 Å². The Bertz CT molecular complexity index is 2710. The van der Waals surface area contributed by atoms with Crippen LogP contribution in [-0.4, -0.2) is 108 Å². The summed E-state index contributed by atoms with van der Waals surface area (Å²) >= 11 is 0. The number of hydrogen-bond donors (Lipinski definition) is 4. The summed E-state index contributed by atoms with van der Waals surface area (Å²) in [6.07, 6.45) is 2.47. The van der Waals surface area contributed by atoms with Crippen molar-refractivity contribution in [3.8, 4) is 0 Å². The summed E-state index contributed by atoms with van der Waals surface area (Å²) in [5.41, 5.74) is 3.78. The van der Waals surface area contributed by atoms with Gasteiger partial charge in [0.15, 0.2) is 0 Å². The van der Waals surface area contributed by atoms with Crippen molar-refractivity contribution in [3.63, 3.8) is 0 Å². The number of aryl methyl sites for hydroxylation is 2. The van der Waals surface area contributed by atoms with Gasteiger partial charge in [0.25, 0.3) is 0 Å². The fraction of sp³-hybridized carbons (Fsp3) is 0.238. The molecule has 0 saturated carbocycles. The van der Waals surface area contributed by atoms with Crippen LogP contribution in [0.5, 0.6) is 0 Å². The Kier molecular flexibility index (Phi) is 17.1. The third-order valence-electron chi connectivity index (χ3n) is 9.97. The molecule has 20 nitrogen and oxygen atoms in total. The molecule has 4 heterocycles. The molecule has 0 bridgehead atoms. The van der Waals surface area contributed by atoms with Gasteiger partial charge in [-0.2, -0.15) is 29.9 Å². The molecular formula is C42H42N12Na2O8S2. The Morgan fingerprint density at radius 3 is 1.11 bits per heavy atom. The van der Waals surface area contributed by atoms with Crippen molar-refractivity contribution in [2.45, 2.75) is 23.6 Å². The quantitative estimate of drug-likeness (QED) is 0.0598. The molecule has 4 N–H and O–H groups in total. The van der Waals surface area contributed by atoms with Crippen LogP contribution in [0.1, 0.15) is 22.3 Å². The molecule has 2 aromatic heterocycles. The number of nitrogens with zero attached hydrogens (tertiary/aromatic N) is 8. The molecule has 0 amide bonds. The Hall–Kier alpha value is -4.82. The minimum atomic E-state index is -5.10. The zero-order chi connectivity index (χ0) is 44.8. The molecule has 8 rings (SSSR count). The van der Waals surface area contributed by atoms with Crippen molar-refractivity contribution >= 4 is 90.8 Å². The van der Waals surface area contributed by atoms with Crippen LogP contribution in [0.25, 0.3) is 12.2 Å². The van der Waals surface area contributed by atoms with Crippen LogP contribution >= 0.6 is 0 Å². The predicted molar refractivity (Wildman–Crippen MR) is 239 cm³/mol. The normalized spacial score (nSPS) is 14.2. The molecule has 2 aliphatic heterocycles. The Morgan fingerprint density at radius 2 is 0.788 bits per heavy atom. The van der Waals surface area contributed by atoms with E-state index in [1.54, 1.807) is 0 Å². The topological polar surface area (TPSA) is 265 Å². The Balaban J connectivity index is 0.00000360. The van der Waals surface area contributed by atoms with Crippen LogP contribution in [0.2, 0.25) is 0 Å². The number of morpholine rings is 2. The van der Waals surface area contributed by atoms with Crippen LogP contribution in [-0.2, 0) is 29.7 Å². The number of ether oxygens (including phenoxy) is 2. The van der Waals surface area contributed by atoms with Gasteiger partial charge in [0.1, 0.15) is 20.2 Å². The first-order valence-electron chi connectivity index (χ1n) is 20.0. The summed E-state index contributed by atoms with van der Waals surface area (Å²) in [5, 5.41) is 12.3. The van der Waals surface area contributed by atoms with Crippen LogP contribution in [0.15, 0.2) is 94.7 Å². The molecule has 66 heavy (non-hydrogen) atoms. The smallest absolute Gasteiger partial charge is 0.744 e. The van der Waals surface area contributed by atoms with Gasteiger partial charge in [0.05, 0.1) is 36.2 Å². The summed E-state index contributed by atoms with van der Waals surface area (Å²) in [5.74, 6) is 1.27. The first-order chi connectivity index (χ1) is 30.7. The van der Waals surface area contributed by atoms with Crippen molar-refractivity contribution in [2.75, 3.05) is 83.7 Å². The molecule has 332 valence electrons. The first kappa shape index (κ1) is 50.6. The number of benzene rings is 4. The van der Waals surface area contributed by atoms with Crippen molar-refractivity contribution in [1.29, 1.82) is 0 Å². The van der Waals surface area contributed by atoms with Crippen molar-refractivity contribution in [2.24, 2.45) is 0 Å². The molecule has 4 aromatic carbocycles. The summed E-state index contributed by atoms with van der Waals surface area (Å²) in [6, 6.07) is 23.2. The maximum absolute atomic E-state index is 12.6. The number of rotatable bonds is 14. The van der Waals surface area contributed by atoms with E-state index in [9.17, 15) is 25.9 Å². The molecule has 0 atom stereocenters. The maximum atomic E-state index is 12.6. The van der Waals surface area contributed by atoms with Gasteiger partial charge in [-0.1, -0.05) is 59.7 Å². The predicted octanol–water partition coefficient (Wildman–Crippen LogP) is -0.692. The largest absolute Gasteiger partial charge is 1.00 e. The van der Waals surface area contributed by atoms with E-state index in [0.29, 0.717) is 64.5 Å². The van der Waals surface area contributed by atoms with E-state index in [1.807, 2.05) is 72.2 Å². The molecule has 0 spiro atoms. The maximum Gasteiger partial charge on any atom is 1.00 e. The summed E-state index contributed by atoms with van der Waals surface area (Å²) in [7, 11) is -10.2. The summed E-state index contributed by atoms with van der Waals surface area (Å²) < 4.78 is 86.9. The fourth-order valence-electron chi connectivity index (χ4n) is 6.67. The molecule has 24 heteroatoms. The Morgan fingerprint density at radius 1 is 0.485 bits per heavy atom. The standard InChI is InChI=1S/C42H44N12O8S2.2Na/c1-27-3-11-31(12-4-27)43-37-47-39(51-41(49-37)53-17-21-61-22-18-53)45-33-15-9-29(35(25-33)63(55,56)57)7-8-30-10-16-34(26-36(30)64(58,59)60)46-40-48-38(44-32-13-5-28(2)6-14-32)50-42(52-40)54-19-23-62-24-20-54;;/h3-16,25-26H,17-24H2,1-2H3,(H,55,56,57)(H,58,59,60)(H2,43,45,47,49,51)(H2,44,46,48,50,52);;/q;2*+1/p-2. The molecular weight excluding hydrogens is 911 g/mol. The minimum Gasteiger partial charge on any atom is -0.744 e. The van der Waals surface area contributed by atoms with E-state index < -0.39 is 30.0 Å². The zero-order valence-corrected chi connectivity index (χ0v) is 42.2. The summed E-state index contributed by atoms with van der Waals surface area (Å²) in [4.78, 5) is 29.9. The zero-order valence-electron chi connectivity index (χ0n) is 36.6. The van der Waals surface area contributed by atoms with Crippen molar-refractivity contribution in [3.05, 3.63) is 107 Å². The monoisotopic (exact) mass is 952 g/mol. The second-order valence-corrected chi connectivity index (χ2v) is 17.4. The van der Waals surface area contributed by atoms with Gasteiger partial charge in [0.2, 0.25) is 35.7 Å². The van der Waals surface area contributed by atoms with Crippen LogP contribution in [0, 0.1) is 13.8 Å². The van der Waals surface area contributed by atoms with Gasteiger partial charge in [-0.15, -0.1) is 0 Å². The van der Waals surface area contributed by atoms with Gasteiger partial charge in [-0.05, 0) is 73.5 Å². The molecule has 0 radical (unpaired) electrons. The van der Waals surface area contributed by atoms with Crippen LogP contribution < -0.4 is 90.2 Å². The van der Waals surface area contributed by atoms with Crippen molar-refractivity contribution < 1.29 is 94.5 Å². The second-order valence-electron chi connectivity index (χ2n) is 14.7. The van der Waals surface area contributed by atoms with E-state index in [2.05, 4.69) is 51.2 Å². The van der Waals surface area contributed by atoms with Gasteiger partial charge >= 0.3 is 59.1 Å². The fourth-order valence-corrected chi connectivity index (χ4v) is 8.06. The third kappa shape index (κ3) is 13.4. The SMILES string of the molecule is Cc1ccc(Nc2nc(Nc3ccc(C=Cc4ccc(Nc5nc(Nc6ccc(C)cc6)nc(N6CCOCC6)n5)cc4S(=O)(=O)[O-])c(S(=O)(=O)[O-])c3)nc(N3CCOCC3)n2)cc1.[Na+].[Na+]. The molecule has 0 aliphatic carbocycles. The van der Waals surface area contributed by atoms with Gasteiger partial charge < -0.3 is 49.6 Å². The van der Waals surface area contributed by atoms with E-state index in [-0.39, 0.29) is 105 Å². The molecule has 2 fully saturated rings. The first-order valence-corrected chi connectivity index (χ1v) is 22.8. The van der Waals surface area contributed by atoms with E-state index >= 15 is 0 Å². The van der Waals surface area contributed by atoms with Crippen molar-refractivity contribution in [1.82, 2.24) is 29.9 Å².